The van der Waals surface area contributed by atoms with Crippen LogP contribution in [0, 0.1) is 4.77 Å². The predicted molar refractivity (Wildman–Crippen MR) is 97.1 cm³/mol. The molecule has 2 aromatic heterocycles. The van der Waals surface area contributed by atoms with E-state index in [1.54, 1.807) is 54.2 Å². The van der Waals surface area contributed by atoms with E-state index < -0.39 is 6.04 Å². The minimum Gasteiger partial charge on any atom is -0.497 e. The third kappa shape index (κ3) is 3.24. The number of aromatic amines is 1. The molecule has 1 aromatic carbocycles. The molecule has 0 aliphatic rings. The van der Waals surface area contributed by atoms with Gasteiger partial charge in [0.2, 0.25) is 5.91 Å². The van der Waals surface area contributed by atoms with E-state index in [1.807, 2.05) is 17.5 Å². The Balaban J connectivity index is 1.83. The molecule has 0 saturated heterocycles. The Hall–Kier alpha value is -2.45. The number of nitrogens with one attached hydrogen (secondary N) is 2. The number of H-pyrrole nitrogens is 1. The van der Waals surface area contributed by atoms with Gasteiger partial charge in [-0.1, -0.05) is 6.07 Å². The molecule has 0 fully saturated rings. The lowest BCUT2D eigenvalue weighted by molar-refractivity contribution is -0.118. The minimum atomic E-state index is -0.504. The molecule has 3 rings (SSSR count). The molecule has 2 N–H and O–H groups in total. The first-order chi connectivity index (χ1) is 11.6. The van der Waals surface area contributed by atoms with Gasteiger partial charge in [-0.15, -0.1) is 11.3 Å². The van der Waals surface area contributed by atoms with Gasteiger partial charge in [0.15, 0.2) is 10.6 Å². The van der Waals surface area contributed by atoms with Crippen LogP contribution in [0.5, 0.6) is 5.75 Å². The predicted octanol–water partition coefficient (Wildman–Crippen LogP) is 3.88. The van der Waals surface area contributed by atoms with Crippen molar-refractivity contribution in [2.45, 2.75) is 13.0 Å². The average Bonchev–Trinajstić information content (AvgIpc) is 3.24. The summed E-state index contributed by atoms with van der Waals surface area (Å²) in [4.78, 5) is 13.5. The number of thiophene rings is 1. The molecule has 0 aliphatic heterocycles. The summed E-state index contributed by atoms with van der Waals surface area (Å²) in [6.45, 7) is 1.79. The maximum Gasteiger partial charge on any atom is 0.247 e. The highest BCUT2D eigenvalue weighted by Gasteiger charge is 2.21. The fourth-order valence-electron chi connectivity index (χ4n) is 2.28. The summed E-state index contributed by atoms with van der Waals surface area (Å²) in [5.74, 6) is 1.22. The fourth-order valence-corrected chi connectivity index (χ4v) is 3.28. The largest absolute Gasteiger partial charge is 0.497 e. The number of carbonyl (C=O) groups excluding carboxylic acids is 1. The summed E-state index contributed by atoms with van der Waals surface area (Å²) in [5, 5.41) is 11.9. The summed E-state index contributed by atoms with van der Waals surface area (Å²) in [6, 6.07) is 10.5. The van der Waals surface area contributed by atoms with Gasteiger partial charge >= 0.3 is 0 Å². The van der Waals surface area contributed by atoms with E-state index in [0.717, 1.165) is 10.6 Å². The lowest BCUT2D eigenvalue weighted by Crippen LogP contribution is -2.24. The van der Waals surface area contributed by atoms with Crippen molar-refractivity contribution in [3.63, 3.8) is 0 Å². The van der Waals surface area contributed by atoms with Gasteiger partial charge < -0.3 is 10.1 Å². The number of rotatable bonds is 5. The van der Waals surface area contributed by atoms with E-state index in [4.69, 9.17) is 17.0 Å². The molecule has 2 heterocycles. The van der Waals surface area contributed by atoms with Crippen molar-refractivity contribution in [2.75, 3.05) is 12.4 Å². The summed E-state index contributed by atoms with van der Waals surface area (Å²) in [6.07, 6.45) is 0. The number of benzene rings is 1. The first-order valence-corrected chi connectivity index (χ1v) is 8.54. The van der Waals surface area contributed by atoms with Gasteiger partial charge in [-0.2, -0.15) is 5.10 Å². The van der Waals surface area contributed by atoms with Gasteiger partial charge in [0.05, 0.1) is 12.0 Å². The summed E-state index contributed by atoms with van der Waals surface area (Å²) in [5.41, 5.74) is 0.695. The number of methoxy groups -OCH3 is 1. The Morgan fingerprint density at radius 1 is 1.38 bits per heavy atom. The molecule has 124 valence electrons. The number of anilines is 1. The molecule has 0 aliphatic carbocycles. The van der Waals surface area contributed by atoms with Crippen molar-refractivity contribution in [2.24, 2.45) is 0 Å². The van der Waals surface area contributed by atoms with Gasteiger partial charge in [-0.05, 0) is 54.9 Å². The Morgan fingerprint density at radius 2 is 2.12 bits per heavy atom. The average molecular weight is 360 g/mol. The van der Waals surface area contributed by atoms with E-state index in [-0.39, 0.29) is 5.91 Å². The monoisotopic (exact) mass is 360 g/mol. The highest BCUT2D eigenvalue weighted by Crippen LogP contribution is 2.26. The molecule has 1 amide bonds. The molecule has 0 saturated carbocycles. The first-order valence-electron chi connectivity index (χ1n) is 7.26. The Bertz CT molecular complexity index is 882. The zero-order valence-corrected chi connectivity index (χ0v) is 14.8. The van der Waals surface area contributed by atoms with Crippen LogP contribution in [0.2, 0.25) is 0 Å². The zero-order valence-electron chi connectivity index (χ0n) is 13.1. The van der Waals surface area contributed by atoms with E-state index in [1.165, 1.54) is 0 Å². The second kappa shape index (κ2) is 6.98. The Morgan fingerprint density at radius 3 is 2.75 bits per heavy atom. The summed E-state index contributed by atoms with van der Waals surface area (Å²) >= 11 is 6.84. The lowest BCUT2D eigenvalue weighted by atomic mass is 10.2. The molecule has 0 bridgehead atoms. The van der Waals surface area contributed by atoms with Gasteiger partial charge in [-0.25, -0.2) is 0 Å². The number of nitrogens with zero attached hydrogens (tertiary/aromatic N) is 2. The molecule has 6 nitrogen and oxygen atoms in total. The maximum atomic E-state index is 12.6. The highest BCUT2D eigenvalue weighted by atomic mass is 32.1. The zero-order chi connectivity index (χ0) is 17.1. The molecule has 0 radical (unpaired) electrons. The van der Waals surface area contributed by atoms with Crippen LogP contribution in [-0.4, -0.2) is 27.8 Å². The van der Waals surface area contributed by atoms with E-state index >= 15 is 0 Å². The van der Waals surface area contributed by atoms with Gasteiger partial charge in [-0.3, -0.25) is 14.5 Å². The molecule has 0 unspecified atom stereocenters. The van der Waals surface area contributed by atoms with Crippen molar-refractivity contribution in [1.82, 2.24) is 14.8 Å². The smallest absolute Gasteiger partial charge is 0.247 e. The number of hydrogen-bond donors (Lipinski definition) is 2. The number of aromatic nitrogens is 3. The molecule has 0 spiro atoms. The van der Waals surface area contributed by atoms with Crippen LogP contribution in [0.15, 0.2) is 41.8 Å². The van der Waals surface area contributed by atoms with Crippen LogP contribution in [0.3, 0.4) is 0 Å². The second-order valence-electron chi connectivity index (χ2n) is 5.09. The number of carbonyl (C=O) groups is 1. The third-order valence-corrected chi connectivity index (χ3v) is 4.72. The molecule has 8 heteroatoms. The van der Waals surface area contributed by atoms with Crippen LogP contribution in [0.4, 0.5) is 5.69 Å². The topological polar surface area (TPSA) is 71.9 Å². The number of amides is 1. The van der Waals surface area contributed by atoms with Crippen LogP contribution < -0.4 is 10.1 Å². The Kier molecular flexibility index (Phi) is 4.77. The normalized spacial score (nSPS) is 11.9. The third-order valence-electron chi connectivity index (χ3n) is 3.57. The summed E-state index contributed by atoms with van der Waals surface area (Å²) < 4.78 is 7.25. The maximum absolute atomic E-state index is 12.6. The quantitative estimate of drug-likeness (QED) is 0.678. The van der Waals surface area contributed by atoms with Crippen LogP contribution in [0.1, 0.15) is 13.0 Å². The van der Waals surface area contributed by atoms with Crippen molar-refractivity contribution in [3.8, 4) is 16.5 Å². The van der Waals surface area contributed by atoms with E-state index in [0.29, 0.717) is 16.3 Å². The van der Waals surface area contributed by atoms with Gasteiger partial charge in [0, 0.05) is 5.69 Å². The minimum absolute atomic E-state index is 0.171. The van der Waals surface area contributed by atoms with E-state index in [9.17, 15) is 4.79 Å². The fraction of sp³-hybridized carbons (Fsp3) is 0.188. The van der Waals surface area contributed by atoms with Crippen LogP contribution >= 0.6 is 23.6 Å². The first kappa shape index (κ1) is 16.4. The second-order valence-corrected chi connectivity index (χ2v) is 6.43. The number of hydrogen-bond acceptors (Lipinski definition) is 5. The van der Waals surface area contributed by atoms with Crippen molar-refractivity contribution in [3.05, 3.63) is 46.5 Å². The van der Waals surface area contributed by atoms with Crippen molar-refractivity contribution < 1.29 is 9.53 Å². The summed E-state index contributed by atoms with van der Waals surface area (Å²) in [7, 11) is 1.60. The van der Waals surface area contributed by atoms with E-state index in [2.05, 4.69) is 15.5 Å². The molecule has 1 atom stereocenters. The lowest BCUT2D eigenvalue weighted by Gasteiger charge is -2.15. The Labute approximate surface area is 148 Å². The number of ether oxygens (including phenoxy) is 1. The van der Waals surface area contributed by atoms with Crippen LogP contribution in [0.25, 0.3) is 10.7 Å². The van der Waals surface area contributed by atoms with Gasteiger partial charge in [0.1, 0.15) is 11.8 Å². The SMILES string of the molecule is COc1ccc(NC(=O)[C@H](C)n2c(-c3cccs3)n[nH]c2=S)cc1. The molecule has 24 heavy (non-hydrogen) atoms. The van der Waals surface area contributed by atoms with Crippen molar-refractivity contribution in [1.29, 1.82) is 0 Å². The molecular weight excluding hydrogens is 344 g/mol. The van der Waals surface area contributed by atoms with Crippen molar-refractivity contribution >= 4 is 35.1 Å². The molecule has 3 aromatic rings. The highest BCUT2D eigenvalue weighted by molar-refractivity contribution is 7.71. The molecular formula is C16H16N4O2S2. The van der Waals surface area contributed by atoms with Crippen LogP contribution in [-0.2, 0) is 4.79 Å². The standard InChI is InChI=1S/C16H16N4O2S2/c1-10(15(21)17-11-5-7-12(22-2)8-6-11)20-14(18-19-16(20)23)13-4-3-9-24-13/h3-10H,1-2H3,(H,17,21)(H,19,23)/t10-/m0/s1. The van der Waals surface area contributed by atoms with Gasteiger partial charge in [0.25, 0.3) is 0 Å².